The van der Waals surface area contributed by atoms with Crippen LogP contribution >= 0.6 is 0 Å². The molecule has 22 heavy (non-hydrogen) atoms. The first kappa shape index (κ1) is 18.4. The molecule has 0 aromatic heterocycles. The van der Waals surface area contributed by atoms with Crippen LogP contribution in [-0.4, -0.2) is 27.9 Å². The molecule has 0 bridgehead atoms. The summed E-state index contributed by atoms with van der Waals surface area (Å²) in [6.07, 6.45) is 5.79. The molecule has 0 aromatic carbocycles. The summed E-state index contributed by atoms with van der Waals surface area (Å²) in [6.45, 7) is 5.37. The highest BCUT2D eigenvalue weighted by Crippen LogP contribution is 2.39. The zero-order valence-electron chi connectivity index (χ0n) is 13.3. The van der Waals surface area contributed by atoms with Crippen LogP contribution in [0.1, 0.15) is 64.7 Å². The largest absolute Gasteiger partial charge is 0.481 e. The molecule has 124 valence electrons. The number of carbonyl (C=O) groups is 3. The fourth-order valence-corrected chi connectivity index (χ4v) is 3.21. The second kappa shape index (κ2) is 8.11. The summed E-state index contributed by atoms with van der Waals surface area (Å²) in [6, 6.07) is 0. The number of carboxylic acid groups (broad SMARTS) is 2. The smallest absolute Gasteiger partial charge is 0.332 e. The van der Waals surface area contributed by atoms with E-state index in [9.17, 15) is 24.6 Å². The van der Waals surface area contributed by atoms with Gasteiger partial charge in [0.1, 0.15) is 11.2 Å². The maximum atomic E-state index is 12.5. The fraction of sp³-hybridized carbons (Fsp3) is 0.706. The van der Waals surface area contributed by atoms with Crippen LogP contribution in [0.2, 0.25) is 0 Å². The molecule has 5 heteroatoms. The van der Waals surface area contributed by atoms with E-state index in [1.807, 2.05) is 6.92 Å². The monoisotopic (exact) mass is 310 g/mol. The minimum Gasteiger partial charge on any atom is -0.481 e. The highest BCUT2D eigenvalue weighted by atomic mass is 16.4. The number of ketones is 1. The molecule has 1 rings (SSSR count). The summed E-state index contributed by atoms with van der Waals surface area (Å²) in [4.78, 5) is 35.6. The van der Waals surface area contributed by atoms with E-state index < -0.39 is 17.4 Å². The van der Waals surface area contributed by atoms with Gasteiger partial charge in [0.05, 0.1) is 0 Å². The molecule has 0 amide bonds. The van der Waals surface area contributed by atoms with E-state index in [1.54, 1.807) is 0 Å². The lowest BCUT2D eigenvalue weighted by Crippen LogP contribution is -2.39. The van der Waals surface area contributed by atoms with Crippen molar-refractivity contribution < 1.29 is 24.6 Å². The molecule has 0 spiro atoms. The average molecular weight is 310 g/mol. The molecule has 5 nitrogen and oxygen atoms in total. The standard InChI is InChI=1S/C17H26O5/c1-3-4-10-17(16(21)22,12(2)15(19)20)11-14(18)13-8-6-5-7-9-13/h13H,2-11H2,1H3,(H,19,20)(H,21,22). The van der Waals surface area contributed by atoms with E-state index in [2.05, 4.69) is 6.58 Å². The van der Waals surface area contributed by atoms with E-state index in [0.717, 1.165) is 38.5 Å². The Morgan fingerprint density at radius 3 is 2.18 bits per heavy atom. The fourth-order valence-electron chi connectivity index (χ4n) is 3.21. The van der Waals surface area contributed by atoms with Crippen molar-refractivity contribution in [3.8, 4) is 0 Å². The minimum atomic E-state index is -1.67. The molecule has 1 aliphatic carbocycles. The number of hydrogen-bond donors (Lipinski definition) is 2. The number of carboxylic acids is 2. The molecule has 0 radical (unpaired) electrons. The highest BCUT2D eigenvalue weighted by Gasteiger charge is 2.46. The average Bonchev–Trinajstić information content (AvgIpc) is 2.51. The SMILES string of the molecule is C=C(C(=O)O)C(CCCC)(CC(=O)C1CCCCC1)C(=O)O. The highest BCUT2D eigenvalue weighted by molar-refractivity contribution is 5.99. The van der Waals surface area contributed by atoms with Crippen LogP contribution in [0, 0.1) is 11.3 Å². The predicted molar refractivity (Wildman–Crippen MR) is 82.6 cm³/mol. The Hall–Kier alpha value is -1.65. The first-order chi connectivity index (χ1) is 10.3. The van der Waals surface area contributed by atoms with Gasteiger partial charge >= 0.3 is 11.9 Å². The van der Waals surface area contributed by atoms with Crippen molar-refractivity contribution in [3.05, 3.63) is 12.2 Å². The summed E-state index contributed by atoms with van der Waals surface area (Å²) < 4.78 is 0. The van der Waals surface area contributed by atoms with Crippen LogP contribution in [-0.2, 0) is 14.4 Å². The quantitative estimate of drug-likeness (QED) is 0.637. The lowest BCUT2D eigenvalue weighted by Gasteiger charge is -2.31. The normalized spacial score (nSPS) is 18.4. The lowest BCUT2D eigenvalue weighted by atomic mass is 9.70. The van der Waals surface area contributed by atoms with Crippen molar-refractivity contribution in [1.29, 1.82) is 0 Å². The van der Waals surface area contributed by atoms with Crippen molar-refractivity contribution in [2.24, 2.45) is 11.3 Å². The Kier molecular flexibility index (Phi) is 6.78. The lowest BCUT2D eigenvalue weighted by molar-refractivity contribution is -0.153. The van der Waals surface area contributed by atoms with Crippen LogP contribution in [0.25, 0.3) is 0 Å². The van der Waals surface area contributed by atoms with Crippen molar-refractivity contribution in [3.63, 3.8) is 0 Å². The van der Waals surface area contributed by atoms with Gasteiger partial charge in [0.15, 0.2) is 0 Å². The second-order valence-electron chi connectivity index (χ2n) is 6.25. The third-order valence-corrected chi connectivity index (χ3v) is 4.74. The van der Waals surface area contributed by atoms with Gasteiger partial charge in [-0.15, -0.1) is 0 Å². The van der Waals surface area contributed by atoms with E-state index in [-0.39, 0.29) is 30.1 Å². The van der Waals surface area contributed by atoms with E-state index in [0.29, 0.717) is 6.42 Å². The number of aliphatic carboxylic acids is 2. The zero-order valence-corrected chi connectivity index (χ0v) is 13.3. The van der Waals surface area contributed by atoms with Gasteiger partial charge in [-0.25, -0.2) is 4.79 Å². The summed E-state index contributed by atoms with van der Waals surface area (Å²) in [7, 11) is 0. The number of unbranched alkanes of at least 4 members (excludes halogenated alkanes) is 1. The van der Waals surface area contributed by atoms with Crippen LogP contribution < -0.4 is 0 Å². The van der Waals surface area contributed by atoms with Gasteiger partial charge in [-0.2, -0.15) is 0 Å². The Balaban J connectivity index is 3.01. The number of Topliss-reactive ketones (excluding diaryl/α,β-unsaturated/α-hetero) is 1. The van der Waals surface area contributed by atoms with E-state index in [1.165, 1.54) is 0 Å². The first-order valence-electron chi connectivity index (χ1n) is 8.04. The Bertz CT molecular complexity index is 448. The molecule has 0 aromatic rings. The first-order valence-corrected chi connectivity index (χ1v) is 8.04. The molecular formula is C17H26O5. The number of carbonyl (C=O) groups excluding carboxylic acids is 1. The molecule has 0 heterocycles. The van der Waals surface area contributed by atoms with Gasteiger partial charge in [-0.1, -0.05) is 45.6 Å². The summed E-state index contributed by atoms with van der Waals surface area (Å²) in [5.74, 6) is -2.84. The predicted octanol–water partition coefficient (Wildman–Crippen LogP) is 3.43. The van der Waals surface area contributed by atoms with Crippen LogP contribution in [0.3, 0.4) is 0 Å². The number of hydrogen-bond acceptors (Lipinski definition) is 3. The van der Waals surface area contributed by atoms with Crippen LogP contribution in [0.5, 0.6) is 0 Å². The van der Waals surface area contributed by atoms with Crippen molar-refractivity contribution in [1.82, 2.24) is 0 Å². The maximum absolute atomic E-state index is 12.5. The number of rotatable bonds is 9. The zero-order chi connectivity index (χ0) is 16.8. The van der Waals surface area contributed by atoms with Gasteiger partial charge in [0, 0.05) is 17.9 Å². The van der Waals surface area contributed by atoms with Gasteiger partial charge in [0.2, 0.25) is 0 Å². The topological polar surface area (TPSA) is 91.7 Å². The summed E-state index contributed by atoms with van der Waals surface area (Å²) >= 11 is 0. The summed E-state index contributed by atoms with van der Waals surface area (Å²) in [5.41, 5.74) is -2.05. The third kappa shape index (κ3) is 4.18. The molecule has 1 aliphatic rings. The second-order valence-corrected chi connectivity index (χ2v) is 6.25. The van der Waals surface area contributed by atoms with E-state index >= 15 is 0 Å². The molecule has 1 unspecified atom stereocenters. The van der Waals surface area contributed by atoms with Gasteiger partial charge in [-0.05, 0) is 19.3 Å². The Morgan fingerprint density at radius 1 is 1.14 bits per heavy atom. The molecule has 0 aliphatic heterocycles. The van der Waals surface area contributed by atoms with E-state index in [4.69, 9.17) is 0 Å². The van der Waals surface area contributed by atoms with Crippen molar-refractivity contribution >= 4 is 17.7 Å². The maximum Gasteiger partial charge on any atom is 0.332 e. The molecule has 1 saturated carbocycles. The molecule has 1 fully saturated rings. The van der Waals surface area contributed by atoms with Gasteiger partial charge < -0.3 is 10.2 Å². The van der Waals surface area contributed by atoms with Crippen molar-refractivity contribution in [2.75, 3.05) is 0 Å². The van der Waals surface area contributed by atoms with Crippen LogP contribution in [0.15, 0.2) is 12.2 Å². The summed E-state index contributed by atoms with van der Waals surface area (Å²) in [5, 5.41) is 18.9. The Labute approximate surface area is 131 Å². The van der Waals surface area contributed by atoms with Crippen LogP contribution in [0.4, 0.5) is 0 Å². The van der Waals surface area contributed by atoms with Crippen molar-refractivity contribution in [2.45, 2.75) is 64.7 Å². The van der Waals surface area contributed by atoms with Gasteiger partial charge in [0.25, 0.3) is 0 Å². The molecule has 0 saturated heterocycles. The van der Waals surface area contributed by atoms with Gasteiger partial charge in [-0.3, -0.25) is 9.59 Å². The Morgan fingerprint density at radius 2 is 1.73 bits per heavy atom. The molecule has 2 N–H and O–H groups in total. The molecule has 1 atom stereocenters. The third-order valence-electron chi connectivity index (χ3n) is 4.74. The molecular weight excluding hydrogens is 284 g/mol. The minimum absolute atomic E-state index is 0.124.